The first kappa shape index (κ1) is 17.2. The summed E-state index contributed by atoms with van der Waals surface area (Å²) in [6.07, 6.45) is 1.69. The topological polar surface area (TPSA) is 75.6 Å². The summed E-state index contributed by atoms with van der Waals surface area (Å²) >= 11 is 0. The summed E-state index contributed by atoms with van der Waals surface area (Å²) in [5.74, 6) is -1.03. The number of nitrogens with one attached hydrogen (secondary N) is 1. The minimum Gasteiger partial charge on any atom is -0.478 e. The van der Waals surface area contributed by atoms with Crippen molar-refractivity contribution in [2.45, 2.75) is 39.2 Å². The number of aromatic carboxylic acids is 1. The molecule has 0 bridgehead atoms. The van der Waals surface area contributed by atoms with Crippen LogP contribution in [0.25, 0.3) is 0 Å². The Balaban J connectivity index is 2.29. The van der Waals surface area contributed by atoms with Crippen molar-refractivity contribution in [3.63, 3.8) is 0 Å². The predicted octanol–water partition coefficient (Wildman–Crippen LogP) is 2.25. The molecule has 0 aliphatic carbocycles. The summed E-state index contributed by atoms with van der Waals surface area (Å²) in [5, 5.41) is 11.9. The SMILES string of the molecule is CC(C)OCCCNC(=O)CCc1ccccc1C(=O)O. The van der Waals surface area contributed by atoms with Gasteiger partial charge in [0.2, 0.25) is 5.91 Å². The second-order valence-electron chi connectivity index (χ2n) is 5.09. The molecule has 1 amide bonds. The van der Waals surface area contributed by atoms with Crippen molar-refractivity contribution >= 4 is 11.9 Å². The lowest BCUT2D eigenvalue weighted by Crippen LogP contribution is -2.26. The molecule has 0 aliphatic rings. The van der Waals surface area contributed by atoms with E-state index in [4.69, 9.17) is 9.84 Å². The van der Waals surface area contributed by atoms with Gasteiger partial charge in [0.15, 0.2) is 0 Å². The molecule has 0 fully saturated rings. The third kappa shape index (κ3) is 6.90. The van der Waals surface area contributed by atoms with Crippen molar-refractivity contribution in [1.29, 1.82) is 0 Å². The molecular weight excluding hydrogens is 270 g/mol. The molecule has 0 atom stereocenters. The highest BCUT2D eigenvalue weighted by molar-refractivity contribution is 5.89. The Kier molecular flexibility index (Phi) is 7.46. The molecule has 21 heavy (non-hydrogen) atoms. The molecule has 0 saturated heterocycles. The van der Waals surface area contributed by atoms with Crippen LogP contribution in [-0.2, 0) is 16.0 Å². The van der Waals surface area contributed by atoms with Gasteiger partial charge in [-0.25, -0.2) is 4.79 Å². The summed E-state index contributed by atoms with van der Waals surface area (Å²) in [6, 6.07) is 6.76. The number of carbonyl (C=O) groups excluding carboxylic acids is 1. The third-order valence-corrected chi connectivity index (χ3v) is 2.96. The lowest BCUT2D eigenvalue weighted by Gasteiger charge is -2.09. The number of amides is 1. The van der Waals surface area contributed by atoms with E-state index in [0.29, 0.717) is 25.1 Å². The van der Waals surface area contributed by atoms with Crippen LogP contribution < -0.4 is 5.32 Å². The summed E-state index contributed by atoms with van der Waals surface area (Å²) in [5.41, 5.74) is 0.943. The number of carboxylic acids is 1. The van der Waals surface area contributed by atoms with E-state index in [1.165, 1.54) is 0 Å². The van der Waals surface area contributed by atoms with Crippen LogP contribution in [0, 0.1) is 0 Å². The molecule has 1 aromatic carbocycles. The van der Waals surface area contributed by atoms with Crippen LogP contribution in [0.5, 0.6) is 0 Å². The van der Waals surface area contributed by atoms with Crippen molar-refractivity contribution in [3.8, 4) is 0 Å². The largest absolute Gasteiger partial charge is 0.478 e. The van der Waals surface area contributed by atoms with Gasteiger partial charge >= 0.3 is 5.97 Å². The molecule has 1 rings (SSSR count). The smallest absolute Gasteiger partial charge is 0.335 e. The summed E-state index contributed by atoms with van der Waals surface area (Å²) in [4.78, 5) is 22.7. The van der Waals surface area contributed by atoms with Gasteiger partial charge in [0.05, 0.1) is 11.7 Å². The van der Waals surface area contributed by atoms with Gasteiger partial charge in [-0.2, -0.15) is 0 Å². The zero-order valence-electron chi connectivity index (χ0n) is 12.6. The third-order valence-electron chi connectivity index (χ3n) is 2.96. The van der Waals surface area contributed by atoms with Crippen LogP contribution >= 0.6 is 0 Å². The zero-order chi connectivity index (χ0) is 15.7. The van der Waals surface area contributed by atoms with Crippen molar-refractivity contribution in [2.75, 3.05) is 13.2 Å². The lowest BCUT2D eigenvalue weighted by molar-refractivity contribution is -0.121. The highest BCUT2D eigenvalue weighted by Gasteiger charge is 2.10. The van der Waals surface area contributed by atoms with Gasteiger partial charge in [0.25, 0.3) is 0 Å². The Bertz CT molecular complexity index is 471. The monoisotopic (exact) mass is 293 g/mol. The molecule has 0 unspecified atom stereocenters. The number of benzene rings is 1. The van der Waals surface area contributed by atoms with Crippen LogP contribution in [-0.4, -0.2) is 36.2 Å². The standard InChI is InChI=1S/C16H23NO4/c1-12(2)21-11-5-10-17-15(18)9-8-13-6-3-4-7-14(13)16(19)20/h3-4,6-7,12H,5,8-11H2,1-2H3,(H,17,18)(H,19,20). The maximum atomic E-state index is 11.7. The number of carbonyl (C=O) groups is 2. The highest BCUT2D eigenvalue weighted by atomic mass is 16.5. The number of aryl methyl sites for hydroxylation is 1. The molecule has 5 heteroatoms. The maximum absolute atomic E-state index is 11.7. The minimum atomic E-state index is -0.961. The van der Waals surface area contributed by atoms with E-state index in [-0.39, 0.29) is 24.0 Å². The van der Waals surface area contributed by atoms with Gasteiger partial charge in [-0.05, 0) is 38.3 Å². The molecule has 0 radical (unpaired) electrons. The Morgan fingerprint density at radius 3 is 2.67 bits per heavy atom. The molecule has 0 aliphatic heterocycles. The maximum Gasteiger partial charge on any atom is 0.335 e. The van der Waals surface area contributed by atoms with Gasteiger partial charge in [0, 0.05) is 19.6 Å². The van der Waals surface area contributed by atoms with Gasteiger partial charge in [-0.1, -0.05) is 18.2 Å². The van der Waals surface area contributed by atoms with Gasteiger partial charge in [-0.15, -0.1) is 0 Å². The van der Waals surface area contributed by atoms with E-state index in [1.807, 2.05) is 13.8 Å². The van der Waals surface area contributed by atoms with Crippen LogP contribution in [0.3, 0.4) is 0 Å². The van der Waals surface area contributed by atoms with Crippen molar-refractivity contribution in [2.24, 2.45) is 0 Å². The molecular formula is C16H23NO4. The summed E-state index contributed by atoms with van der Waals surface area (Å²) in [7, 11) is 0. The number of rotatable bonds is 9. The van der Waals surface area contributed by atoms with Crippen molar-refractivity contribution in [1.82, 2.24) is 5.32 Å². The Morgan fingerprint density at radius 1 is 1.29 bits per heavy atom. The second-order valence-corrected chi connectivity index (χ2v) is 5.09. The average Bonchev–Trinajstić information content (AvgIpc) is 2.44. The van der Waals surface area contributed by atoms with Crippen molar-refractivity contribution < 1.29 is 19.4 Å². The van der Waals surface area contributed by atoms with Crippen LogP contribution in [0.15, 0.2) is 24.3 Å². The Hall–Kier alpha value is -1.88. The minimum absolute atomic E-state index is 0.0697. The molecule has 0 aromatic heterocycles. The second kappa shape index (κ2) is 9.13. The van der Waals surface area contributed by atoms with E-state index in [0.717, 1.165) is 6.42 Å². The first-order chi connectivity index (χ1) is 10.0. The molecule has 2 N–H and O–H groups in total. The molecule has 116 valence electrons. The van der Waals surface area contributed by atoms with Crippen LogP contribution in [0.4, 0.5) is 0 Å². The average molecular weight is 293 g/mol. The fourth-order valence-electron chi connectivity index (χ4n) is 1.90. The van der Waals surface area contributed by atoms with E-state index in [1.54, 1.807) is 24.3 Å². The zero-order valence-corrected chi connectivity index (χ0v) is 12.6. The molecule has 0 heterocycles. The summed E-state index contributed by atoms with van der Waals surface area (Å²) in [6.45, 7) is 5.14. The highest BCUT2D eigenvalue weighted by Crippen LogP contribution is 2.11. The Labute approximate surface area is 125 Å². The van der Waals surface area contributed by atoms with Crippen LogP contribution in [0.2, 0.25) is 0 Å². The van der Waals surface area contributed by atoms with Gasteiger partial charge in [-0.3, -0.25) is 4.79 Å². The first-order valence-corrected chi connectivity index (χ1v) is 7.20. The quantitative estimate of drug-likeness (QED) is 0.685. The lowest BCUT2D eigenvalue weighted by atomic mass is 10.0. The van der Waals surface area contributed by atoms with Crippen molar-refractivity contribution in [3.05, 3.63) is 35.4 Å². The molecule has 5 nitrogen and oxygen atoms in total. The molecule has 1 aromatic rings. The van der Waals surface area contributed by atoms with E-state index in [2.05, 4.69) is 5.32 Å². The van der Waals surface area contributed by atoms with E-state index < -0.39 is 5.97 Å². The molecule has 0 spiro atoms. The number of carboxylic acid groups (broad SMARTS) is 1. The Morgan fingerprint density at radius 2 is 2.00 bits per heavy atom. The van der Waals surface area contributed by atoms with Gasteiger partial charge < -0.3 is 15.2 Å². The van der Waals surface area contributed by atoms with Gasteiger partial charge in [0.1, 0.15) is 0 Å². The first-order valence-electron chi connectivity index (χ1n) is 7.20. The fourth-order valence-corrected chi connectivity index (χ4v) is 1.90. The predicted molar refractivity (Wildman–Crippen MR) is 80.4 cm³/mol. The number of ether oxygens (including phenoxy) is 1. The summed E-state index contributed by atoms with van der Waals surface area (Å²) < 4.78 is 5.38. The van der Waals surface area contributed by atoms with E-state index in [9.17, 15) is 9.59 Å². The van der Waals surface area contributed by atoms with E-state index >= 15 is 0 Å². The number of hydrogen-bond acceptors (Lipinski definition) is 3. The molecule has 0 saturated carbocycles. The fraction of sp³-hybridized carbons (Fsp3) is 0.500. The normalized spacial score (nSPS) is 10.6. The van der Waals surface area contributed by atoms with Crippen LogP contribution in [0.1, 0.15) is 42.6 Å². The number of hydrogen-bond donors (Lipinski definition) is 2.